The van der Waals surface area contributed by atoms with Gasteiger partial charge in [-0.2, -0.15) is 0 Å². The molecule has 1 aliphatic rings. The van der Waals surface area contributed by atoms with Crippen molar-refractivity contribution in [3.05, 3.63) is 54.4 Å². The number of carbonyl (C=O) groups is 1. The van der Waals surface area contributed by atoms with Crippen molar-refractivity contribution in [2.45, 2.75) is 51.7 Å². The standard InChI is InChI=1S/C26H30N6O5S/c1-26(2,3)36-25(33)37-31-14-12-18(13-15-31)23-28-29-30-32(23)16-17-34-19-8-10-20(11-9-19)35-24-27-21-6-4-5-7-22(21)38-24/h4-11,18H,12-17H2,1-3H3. The van der Waals surface area contributed by atoms with Crippen molar-refractivity contribution >= 4 is 27.7 Å². The molecule has 38 heavy (non-hydrogen) atoms. The van der Waals surface area contributed by atoms with Crippen LogP contribution in [0.1, 0.15) is 45.4 Å². The van der Waals surface area contributed by atoms with Gasteiger partial charge >= 0.3 is 6.16 Å². The zero-order chi connectivity index (χ0) is 26.5. The molecule has 2 aromatic heterocycles. The van der Waals surface area contributed by atoms with Crippen LogP contribution < -0.4 is 9.47 Å². The van der Waals surface area contributed by atoms with Crippen LogP contribution in [0, 0.1) is 0 Å². The number of nitrogens with zero attached hydrogens (tertiary/aromatic N) is 6. The Morgan fingerprint density at radius 1 is 1.05 bits per heavy atom. The molecule has 0 unspecified atom stereocenters. The van der Waals surface area contributed by atoms with E-state index in [1.165, 1.54) is 11.3 Å². The minimum atomic E-state index is -0.686. The van der Waals surface area contributed by atoms with Crippen molar-refractivity contribution in [1.82, 2.24) is 30.3 Å². The van der Waals surface area contributed by atoms with Crippen LogP contribution in [0.2, 0.25) is 0 Å². The SMILES string of the molecule is CC(C)(C)OC(=O)ON1CCC(c2nnnn2CCOc2ccc(Oc3nc4ccccc4s3)cc2)CC1. The second kappa shape index (κ2) is 11.3. The number of thiazole rings is 1. The summed E-state index contributed by atoms with van der Waals surface area (Å²) in [6.07, 6.45) is 0.842. The van der Waals surface area contributed by atoms with Gasteiger partial charge in [-0.1, -0.05) is 23.5 Å². The van der Waals surface area contributed by atoms with E-state index in [1.54, 1.807) is 30.5 Å². The summed E-state index contributed by atoms with van der Waals surface area (Å²) in [4.78, 5) is 21.7. The zero-order valence-electron chi connectivity index (χ0n) is 21.6. The van der Waals surface area contributed by atoms with E-state index in [-0.39, 0.29) is 5.92 Å². The zero-order valence-corrected chi connectivity index (χ0v) is 22.4. The first-order valence-corrected chi connectivity index (χ1v) is 13.3. The molecule has 0 spiro atoms. The number of rotatable bonds is 8. The van der Waals surface area contributed by atoms with E-state index in [0.29, 0.717) is 37.2 Å². The summed E-state index contributed by atoms with van der Waals surface area (Å²) in [5.74, 6) is 2.40. The lowest BCUT2D eigenvalue weighted by Crippen LogP contribution is -2.37. The number of piperidine rings is 1. The Balaban J connectivity index is 1.08. The second-order valence-electron chi connectivity index (χ2n) is 9.89. The first-order chi connectivity index (χ1) is 18.3. The van der Waals surface area contributed by atoms with E-state index in [0.717, 1.165) is 34.6 Å². The first-order valence-electron chi connectivity index (χ1n) is 12.5. The second-order valence-corrected chi connectivity index (χ2v) is 10.9. The predicted octanol–water partition coefficient (Wildman–Crippen LogP) is 5.20. The molecule has 1 aliphatic heterocycles. The Hall–Kier alpha value is -3.77. The number of aromatic nitrogens is 5. The number of tetrazole rings is 1. The Morgan fingerprint density at radius 2 is 1.79 bits per heavy atom. The highest BCUT2D eigenvalue weighted by molar-refractivity contribution is 7.20. The van der Waals surface area contributed by atoms with Crippen LogP contribution in [-0.2, 0) is 16.1 Å². The Bertz CT molecular complexity index is 1330. The van der Waals surface area contributed by atoms with E-state index in [4.69, 9.17) is 19.0 Å². The third kappa shape index (κ3) is 6.75. The summed E-state index contributed by atoms with van der Waals surface area (Å²) >= 11 is 1.51. The van der Waals surface area contributed by atoms with Crippen LogP contribution in [0.3, 0.4) is 0 Å². The van der Waals surface area contributed by atoms with Gasteiger partial charge in [-0.15, -0.1) is 10.2 Å². The van der Waals surface area contributed by atoms with Gasteiger partial charge in [0, 0.05) is 19.0 Å². The fraction of sp³-hybridized carbons (Fsp3) is 0.423. The molecule has 2 aromatic carbocycles. The number of benzene rings is 2. The highest BCUT2D eigenvalue weighted by Crippen LogP contribution is 2.32. The number of para-hydroxylation sites is 1. The van der Waals surface area contributed by atoms with Crippen molar-refractivity contribution in [1.29, 1.82) is 0 Å². The highest BCUT2D eigenvalue weighted by atomic mass is 32.1. The van der Waals surface area contributed by atoms with Crippen LogP contribution in [0.25, 0.3) is 10.2 Å². The minimum Gasteiger partial charge on any atom is -0.492 e. The topological polar surface area (TPSA) is 114 Å². The van der Waals surface area contributed by atoms with Gasteiger partial charge in [-0.25, -0.2) is 14.5 Å². The molecule has 4 aromatic rings. The number of hydrogen-bond donors (Lipinski definition) is 0. The Labute approximate surface area is 224 Å². The van der Waals surface area contributed by atoms with Gasteiger partial charge in [-0.05, 0) is 80.4 Å². The monoisotopic (exact) mass is 538 g/mol. The van der Waals surface area contributed by atoms with Gasteiger partial charge in [0.05, 0.1) is 16.8 Å². The quantitative estimate of drug-likeness (QED) is 0.277. The molecule has 0 N–H and O–H groups in total. The normalized spacial score (nSPS) is 14.9. The lowest BCUT2D eigenvalue weighted by molar-refractivity contribution is -0.152. The molecule has 1 fully saturated rings. The summed E-state index contributed by atoms with van der Waals surface area (Å²) in [5, 5.41) is 14.5. The van der Waals surface area contributed by atoms with E-state index in [9.17, 15) is 4.79 Å². The molecule has 12 heteroatoms. The molecule has 0 bridgehead atoms. The maximum Gasteiger partial charge on any atom is 0.528 e. The average Bonchev–Trinajstić information content (AvgIpc) is 3.51. The molecule has 0 atom stereocenters. The van der Waals surface area contributed by atoms with E-state index >= 15 is 0 Å². The van der Waals surface area contributed by atoms with Crippen LogP contribution >= 0.6 is 11.3 Å². The molecule has 0 radical (unpaired) electrons. The molecule has 0 aliphatic carbocycles. The molecule has 200 valence electrons. The van der Waals surface area contributed by atoms with E-state index in [2.05, 4.69) is 20.5 Å². The van der Waals surface area contributed by atoms with Crippen molar-refractivity contribution < 1.29 is 23.8 Å². The summed E-state index contributed by atoms with van der Waals surface area (Å²) < 4.78 is 19.9. The van der Waals surface area contributed by atoms with Gasteiger partial charge in [0.25, 0.3) is 5.19 Å². The van der Waals surface area contributed by atoms with Gasteiger partial charge < -0.3 is 19.0 Å². The average molecular weight is 539 g/mol. The summed E-state index contributed by atoms with van der Waals surface area (Å²) in [6, 6.07) is 15.4. The lowest BCUT2D eigenvalue weighted by Gasteiger charge is -2.30. The molecule has 1 saturated heterocycles. The molecular formula is C26H30N6O5S. The van der Waals surface area contributed by atoms with E-state index in [1.807, 2.05) is 48.5 Å². The van der Waals surface area contributed by atoms with Crippen LogP contribution in [0.4, 0.5) is 4.79 Å². The fourth-order valence-electron chi connectivity index (χ4n) is 4.09. The fourth-order valence-corrected chi connectivity index (χ4v) is 4.93. The van der Waals surface area contributed by atoms with Crippen molar-refractivity contribution in [2.75, 3.05) is 19.7 Å². The summed E-state index contributed by atoms with van der Waals surface area (Å²) in [5.41, 5.74) is 0.334. The Morgan fingerprint density at radius 3 is 2.53 bits per heavy atom. The molecule has 0 amide bonds. The van der Waals surface area contributed by atoms with Crippen LogP contribution in [0.15, 0.2) is 48.5 Å². The summed E-state index contributed by atoms with van der Waals surface area (Å²) in [7, 11) is 0. The van der Waals surface area contributed by atoms with Gasteiger partial charge in [-0.3, -0.25) is 0 Å². The number of fused-ring (bicyclic) bond motifs is 1. The van der Waals surface area contributed by atoms with Crippen LogP contribution in [0.5, 0.6) is 16.7 Å². The maximum atomic E-state index is 11.9. The number of hydrogen-bond acceptors (Lipinski definition) is 11. The largest absolute Gasteiger partial charge is 0.528 e. The summed E-state index contributed by atoms with van der Waals surface area (Å²) in [6.45, 7) is 7.51. The maximum absolute atomic E-state index is 11.9. The predicted molar refractivity (Wildman–Crippen MR) is 140 cm³/mol. The number of ether oxygens (including phenoxy) is 3. The van der Waals surface area contributed by atoms with Gasteiger partial charge in [0.15, 0.2) is 5.82 Å². The van der Waals surface area contributed by atoms with Crippen LogP contribution in [-0.4, -0.2) is 61.7 Å². The van der Waals surface area contributed by atoms with Crippen molar-refractivity contribution in [3.8, 4) is 16.7 Å². The van der Waals surface area contributed by atoms with Crippen molar-refractivity contribution in [3.63, 3.8) is 0 Å². The molecule has 0 saturated carbocycles. The Kier molecular flexibility index (Phi) is 7.70. The third-order valence-electron chi connectivity index (χ3n) is 5.85. The molecule has 3 heterocycles. The smallest absolute Gasteiger partial charge is 0.492 e. The van der Waals surface area contributed by atoms with Crippen molar-refractivity contribution in [2.24, 2.45) is 0 Å². The molecular weight excluding hydrogens is 508 g/mol. The first kappa shape index (κ1) is 25.9. The van der Waals surface area contributed by atoms with Gasteiger partial charge in [0.2, 0.25) is 0 Å². The highest BCUT2D eigenvalue weighted by Gasteiger charge is 2.28. The molecule has 5 rings (SSSR count). The third-order valence-corrected chi connectivity index (χ3v) is 6.76. The molecule has 11 nitrogen and oxygen atoms in total. The number of carbonyl (C=O) groups excluding carboxylic acids is 1. The minimum absolute atomic E-state index is 0.169. The lowest BCUT2D eigenvalue weighted by atomic mass is 9.97. The van der Waals surface area contributed by atoms with Gasteiger partial charge in [0.1, 0.15) is 23.7 Å². The number of hydroxylamine groups is 2. The van der Waals surface area contributed by atoms with E-state index < -0.39 is 11.8 Å².